The highest BCUT2D eigenvalue weighted by Crippen LogP contribution is 2.62. The number of nitrogens with one attached hydrogen (secondary N) is 1. The fraction of sp³-hybridized carbons (Fsp3) is 0.700. The van der Waals surface area contributed by atoms with E-state index in [9.17, 15) is 19.8 Å². The monoisotopic (exact) mass is 347 g/mol. The molecule has 5 atom stereocenters. The number of aliphatic carboxylic acids is 1. The molecular weight excluding hydrogens is 318 g/mol. The standard InChI is InChI=1S/C20H29NO4/c1-12-11-16(22)20(3)14(18(24)25)5-4-6-15(20)19(12,2)9-7-13-8-10-21-17(13)23/h5,8,12,15-16,22H,4,6-7,9-11H2,1-3H3,(H,21,23)(H,24,25)/t12-,15-,16+,19+,20+/m1/s1. The highest BCUT2D eigenvalue weighted by molar-refractivity contribution is 5.95. The third-order valence-electron chi connectivity index (χ3n) is 7.37. The number of aliphatic hydroxyl groups is 1. The molecule has 1 saturated carbocycles. The van der Waals surface area contributed by atoms with E-state index in [4.69, 9.17) is 0 Å². The van der Waals surface area contributed by atoms with Gasteiger partial charge in [0, 0.05) is 23.1 Å². The van der Waals surface area contributed by atoms with Crippen LogP contribution in [0.4, 0.5) is 0 Å². The maximum atomic E-state index is 11.9. The zero-order valence-electron chi connectivity index (χ0n) is 15.3. The minimum absolute atomic E-state index is 0.0182. The van der Waals surface area contributed by atoms with Crippen LogP contribution in [0.3, 0.4) is 0 Å². The van der Waals surface area contributed by atoms with Crippen LogP contribution in [0.15, 0.2) is 23.3 Å². The van der Waals surface area contributed by atoms with Gasteiger partial charge in [-0.15, -0.1) is 0 Å². The zero-order valence-corrected chi connectivity index (χ0v) is 15.3. The number of carboxylic acid groups (broad SMARTS) is 1. The maximum Gasteiger partial charge on any atom is 0.331 e. The van der Waals surface area contributed by atoms with Gasteiger partial charge in [-0.1, -0.05) is 32.9 Å². The number of rotatable bonds is 4. The molecule has 3 rings (SSSR count). The largest absolute Gasteiger partial charge is 0.478 e. The molecule has 25 heavy (non-hydrogen) atoms. The van der Waals surface area contributed by atoms with Gasteiger partial charge in [0.15, 0.2) is 0 Å². The van der Waals surface area contributed by atoms with Crippen LogP contribution in [0.1, 0.15) is 52.9 Å². The smallest absolute Gasteiger partial charge is 0.331 e. The lowest BCUT2D eigenvalue weighted by atomic mass is 9.45. The van der Waals surface area contributed by atoms with Gasteiger partial charge < -0.3 is 15.5 Å². The maximum absolute atomic E-state index is 11.9. The molecule has 0 aromatic heterocycles. The van der Waals surface area contributed by atoms with Crippen LogP contribution in [0.25, 0.3) is 0 Å². The molecular formula is C20H29NO4. The van der Waals surface area contributed by atoms with E-state index in [1.165, 1.54) is 0 Å². The topological polar surface area (TPSA) is 86.6 Å². The lowest BCUT2D eigenvalue weighted by molar-refractivity contribution is -0.148. The third kappa shape index (κ3) is 2.73. The minimum atomic E-state index is -0.916. The first-order valence-corrected chi connectivity index (χ1v) is 9.30. The zero-order chi connectivity index (χ0) is 18.4. The Labute approximate surface area is 149 Å². The average molecular weight is 347 g/mol. The first kappa shape index (κ1) is 18.2. The van der Waals surface area contributed by atoms with E-state index >= 15 is 0 Å². The molecule has 0 spiro atoms. The van der Waals surface area contributed by atoms with Gasteiger partial charge in [0.05, 0.1) is 6.10 Å². The highest BCUT2D eigenvalue weighted by atomic mass is 16.4. The number of allylic oxidation sites excluding steroid dienone is 1. The number of hydrogen-bond donors (Lipinski definition) is 3. The van der Waals surface area contributed by atoms with Crippen molar-refractivity contribution >= 4 is 11.9 Å². The molecule has 0 aromatic rings. The SMILES string of the molecule is C[C@@H]1C[C@H](O)[C@@]2(C)C(C(=O)O)=CCC[C@@H]2[C@@]1(C)CCC1=CCNC1=O. The summed E-state index contributed by atoms with van der Waals surface area (Å²) in [6, 6.07) is 0. The molecule has 3 N–H and O–H groups in total. The second kappa shape index (κ2) is 6.27. The molecule has 1 aliphatic heterocycles. The highest BCUT2D eigenvalue weighted by Gasteiger charge is 2.59. The number of carbonyl (C=O) groups is 2. The molecule has 138 valence electrons. The second-order valence-electron chi connectivity index (χ2n) is 8.43. The predicted molar refractivity (Wildman–Crippen MR) is 94.8 cm³/mol. The van der Waals surface area contributed by atoms with Crippen molar-refractivity contribution < 1.29 is 19.8 Å². The van der Waals surface area contributed by atoms with Crippen LogP contribution in [0.2, 0.25) is 0 Å². The van der Waals surface area contributed by atoms with Crippen molar-refractivity contribution in [3.63, 3.8) is 0 Å². The average Bonchev–Trinajstić information content (AvgIpc) is 2.96. The predicted octanol–water partition coefficient (Wildman–Crippen LogP) is 2.66. The van der Waals surface area contributed by atoms with E-state index < -0.39 is 17.5 Å². The van der Waals surface area contributed by atoms with Crippen molar-refractivity contribution in [1.29, 1.82) is 0 Å². The van der Waals surface area contributed by atoms with Crippen molar-refractivity contribution in [3.8, 4) is 0 Å². The van der Waals surface area contributed by atoms with Crippen molar-refractivity contribution in [2.24, 2.45) is 22.7 Å². The summed E-state index contributed by atoms with van der Waals surface area (Å²) in [5.74, 6) is -0.524. The summed E-state index contributed by atoms with van der Waals surface area (Å²) in [7, 11) is 0. The van der Waals surface area contributed by atoms with Gasteiger partial charge in [-0.2, -0.15) is 0 Å². The fourth-order valence-corrected chi connectivity index (χ4v) is 5.55. The van der Waals surface area contributed by atoms with Gasteiger partial charge in [0.25, 0.3) is 0 Å². The van der Waals surface area contributed by atoms with Crippen LogP contribution in [0, 0.1) is 22.7 Å². The summed E-state index contributed by atoms with van der Waals surface area (Å²) in [6.45, 7) is 6.91. The molecule has 0 aromatic carbocycles. The lowest BCUT2D eigenvalue weighted by Crippen LogP contribution is -2.57. The molecule has 5 nitrogen and oxygen atoms in total. The van der Waals surface area contributed by atoms with Crippen molar-refractivity contribution in [2.75, 3.05) is 6.54 Å². The van der Waals surface area contributed by atoms with Crippen molar-refractivity contribution in [2.45, 2.75) is 59.0 Å². The van der Waals surface area contributed by atoms with Crippen LogP contribution in [-0.2, 0) is 9.59 Å². The Morgan fingerprint density at radius 2 is 2.08 bits per heavy atom. The van der Waals surface area contributed by atoms with Gasteiger partial charge in [-0.05, 0) is 49.4 Å². The van der Waals surface area contributed by atoms with Crippen LogP contribution in [0.5, 0.6) is 0 Å². The molecule has 1 heterocycles. The molecule has 2 aliphatic carbocycles. The van der Waals surface area contributed by atoms with Crippen LogP contribution < -0.4 is 5.32 Å². The summed E-state index contributed by atoms with van der Waals surface area (Å²) >= 11 is 0. The van der Waals surface area contributed by atoms with E-state index in [2.05, 4.69) is 19.2 Å². The number of carbonyl (C=O) groups excluding carboxylic acids is 1. The van der Waals surface area contributed by atoms with E-state index in [0.717, 1.165) is 24.8 Å². The summed E-state index contributed by atoms with van der Waals surface area (Å²) in [4.78, 5) is 23.7. The van der Waals surface area contributed by atoms with Gasteiger partial charge in [0.2, 0.25) is 5.91 Å². The first-order chi connectivity index (χ1) is 11.7. The molecule has 1 amide bonds. The van der Waals surface area contributed by atoms with Gasteiger partial charge >= 0.3 is 5.97 Å². The molecule has 0 unspecified atom stereocenters. The number of aliphatic hydroxyl groups excluding tert-OH is 1. The van der Waals surface area contributed by atoms with Crippen LogP contribution >= 0.6 is 0 Å². The molecule has 1 fully saturated rings. The van der Waals surface area contributed by atoms with E-state index in [1.54, 1.807) is 6.08 Å². The minimum Gasteiger partial charge on any atom is -0.478 e. The van der Waals surface area contributed by atoms with E-state index in [-0.39, 0.29) is 23.2 Å². The van der Waals surface area contributed by atoms with Gasteiger partial charge in [-0.3, -0.25) is 4.79 Å². The molecule has 3 aliphatic rings. The number of hydrogen-bond acceptors (Lipinski definition) is 3. The van der Waals surface area contributed by atoms with E-state index in [1.807, 2.05) is 13.0 Å². The number of carboxylic acids is 1. The quantitative estimate of drug-likeness (QED) is 0.730. The Bertz CT molecular complexity index is 652. The molecule has 0 radical (unpaired) electrons. The Balaban J connectivity index is 1.92. The molecule has 0 bridgehead atoms. The Kier molecular flexibility index (Phi) is 4.56. The number of fused-ring (bicyclic) bond motifs is 1. The lowest BCUT2D eigenvalue weighted by Gasteiger charge is -2.59. The normalized spacial score (nSPS) is 40.8. The van der Waals surface area contributed by atoms with Gasteiger partial charge in [-0.25, -0.2) is 4.79 Å². The third-order valence-corrected chi connectivity index (χ3v) is 7.37. The second-order valence-corrected chi connectivity index (χ2v) is 8.43. The van der Waals surface area contributed by atoms with Crippen molar-refractivity contribution in [1.82, 2.24) is 5.32 Å². The number of amides is 1. The summed E-state index contributed by atoms with van der Waals surface area (Å²) in [6.07, 6.45) is 6.88. The Morgan fingerprint density at radius 3 is 2.68 bits per heavy atom. The summed E-state index contributed by atoms with van der Waals surface area (Å²) in [5, 5.41) is 23.3. The van der Waals surface area contributed by atoms with Crippen LogP contribution in [-0.4, -0.2) is 34.7 Å². The molecule has 5 heteroatoms. The Morgan fingerprint density at radius 1 is 1.36 bits per heavy atom. The molecule has 0 saturated heterocycles. The summed E-state index contributed by atoms with van der Waals surface area (Å²) in [5.41, 5.74) is 0.378. The Hall–Kier alpha value is -1.62. The van der Waals surface area contributed by atoms with Crippen molar-refractivity contribution in [3.05, 3.63) is 23.3 Å². The fourth-order valence-electron chi connectivity index (χ4n) is 5.55. The van der Waals surface area contributed by atoms with Gasteiger partial charge in [0.1, 0.15) is 0 Å². The summed E-state index contributed by atoms with van der Waals surface area (Å²) < 4.78 is 0. The first-order valence-electron chi connectivity index (χ1n) is 9.30. The van der Waals surface area contributed by atoms with E-state index in [0.29, 0.717) is 25.0 Å².